The van der Waals surface area contributed by atoms with E-state index in [-0.39, 0.29) is 29.3 Å². The van der Waals surface area contributed by atoms with E-state index in [9.17, 15) is 18.8 Å². The third-order valence-electron chi connectivity index (χ3n) is 5.41. The Hall–Kier alpha value is -2.92. The summed E-state index contributed by atoms with van der Waals surface area (Å²) >= 11 is 3.25. The summed E-state index contributed by atoms with van der Waals surface area (Å²) in [5.74, 6) is -2.14. The van der Waals surface area contributed by atoms with Crippen LogP contribution in [0, 0.1) is 28.4 Å². The molecule has 1 aromatic heterocycles. The fraction of sp³-hybridized carbons (Fsp3) is 0.273. The molecule has 2 aliphatic rings. The number of nitrogens with zero attached hydrogens (tertiary/aromatic N) is 2. The summed E-state index contributed by atoms with van der Waals surface area (Å²) in [5, 5.41) is 9.90. The third-order valence-corrected chi connectivity index (χ3v) is 5.84. The number of furan rings is 1. The number of nitrogens with two attached hydrogens (primary N) is 1. The molecule has 1 aromatic carbocycles. The maximum atomic E-state index is 14.7. The standard InChI is InChI=1S/C22H18BrF2N3O2/c1-22(2)8-15-20(16(29)9-22)19(17-5-6-18(23)30-17)12(10-26)21(27)28(15)14-4-3-11(24)7-13(14)25/h3-7,19H,8-9,27H2,1-2H3. The first-order valence-electron chi connectivity index (χ1n) is 9.29. The predicted octanol–water partition coefficient (Wildman–Crippen LogP) is 5.26. The highest BCUT2D eigenvalue weighted by Gasteiger charge is 2.46. The monoisotopic (exact) mass is 473 g/mol. The molecule has 154 valence electrons. The molecule has 0 amide bonds. The van der Waals surface area contributed by atoms with Gasteiger partial charge in [0.1, 0.15) is 23.2 Å². The van der Waals surface area contributed by atoms with E-state index >= 15 is 0 Å². The topological polar surface area (TPSA) is 83.3 Å². The van der Waals surface area contributed by atoms with Crippen LogP contribution < -0.4 is 10.6 Å². The van der Waals surface area contributed by atoms with Gasteiger partial charge in [-0.2, -0.15) is 5.26 Å². The van der Waals surface area contributed by atoms with Crippen LogP contribution in [-0.4, -0.2) is 5.78 Å². The molecule has 0 saturated carbocycles. The number of Topliss-reactive ketones (excluding diaryl/α,β-unsaturated/α-hetero) is 1. The Balaban J connectivity index is 2.02. The molecular formula is C22H18BrF2N3O2. The molecule has 0 bridgehead atoms. The Bertz CT molecular complexity index is 1170. The van der Waals surface area contributed by atoms with Gasteiger partial charge in [-0.15, -0.1) is 0 Å². The van der Waals surface area contributed by atoms with Gasteiger partial charge < -0.3 is 10.2 Å². The molecule has 1 aliphatic carbocycles. The SMILES string of the molecule is CC1(C)CC(=O)C2=C(C1)N(c1ccc(F)cc1F)C(N)=C(C#N)C2c1ccc(Br)o1. The van der Waals surface area contributed by atoms with Gasteiger partial charge in [-0.25, -0.2) is 8.78 Å². The Kier molecular flexibility index (Phi) is 4.82. The lowest BCUT2D eigenvalue weighted by Crippen LogP contribution is -2.42. The van der Waals surface area contributed by atoms with Crippen LogP contribution in [0.2, 0.25) is 0 Å². The van der Waals surface area contributed by atoms with Crippen molar-refractivity contribution in [2.45, 2.75) is 32.6 Å². The number of allylic oxidation sites excluding steroid dienone is 3. The summed E-state index contributed by atoms with van der Waals surface area (Å²) in [5.41, 5.74) is 6.88. The Morgan fingerprint density at radius 1 is 1.27 bits per heavy atom. The fourth-order valence-corrected chi connectivity index (χ4v) is 4.53. The number of hydrogen-bond acceptors (Lipinski definition) is 5. The molecule has 1 aliphatic heterocycles. The van der Waals surface area contributed by atoms with Crippen LogP contribution in [0.4, 0.5) is 14.5 Å². The molecule has 2 heterocycles. The summed E-state index contributed by atoms with van der Waals surface area (Å²) < 4.78 is 34.4. The van der Waals surface area contributed by atoms with Gasteiger partial charge in [0.2, 0.25) is 0 Å². The average molecular weight is 474 g/mol. The minimum absolute atomic E-state index is 0.00946. The Labute approximate surface area is 180 Å². The van der Waals surface area contributed by atoms with E-state index < -0.39 is 23.0 Å². The first-order chi connectivity index (χ1) is 14.1. The minimum Gasteiger partial charge on any atom is -0.453 e. The molecule has 1 unspecified atom stereocenters. The van der Waals surface area contributed by atoms with Gasteiger partial charge in [0.15, 0.2) is 10.5 Å². The number of hydrogen-bond donors (Lipinski definition) is 1. The lowest BCUT2D eigenvalue weighted by Gasteiger charge is -2.43. The van der Waals surface area contributed by atoms with E-state index in [1.54, 1.807) is 12.1 Å². The molecule has 2 aromatic rings. The van der Waals surface area contributed by atoms with Crippen LogP contribution in [0.3, 0.4) is 0 Å². The third kappa shape index (κ3) is 3.23. The summed E-state index contributed by atoms with van der Waals surface area (Å²) in [6.45, 7) is 3.87. The molecule has 4 rings (SSSR count). The number of halogens is 3. The van der Waals surface area contributed by atoms with E-state index in [2.05, 4.69) is 22.0 Å². The first kappa shape index (κ1) is 20.4. The largest absolute Gasteiger partial charge is 0.453 e. The van der Waals surface area contributed by atoms with Crippen LogP contribution in [0.25, 0.3) is 0 Å². The zero-order valence-electron chi connectivity index (χ0n) is 16.3. The van der Waals surface area contributed by atoms with Gasteiger partial charge >= 0.3 is 0 Å². The van der Waals surface area contributed by atoms with Gasteiger partial charge in [-0.1, -0.05) is 13.8 Å². The molecular weight excluding hydrogens is 456 g/mol. The fourth-order valence-electron chi connectivity index (χ4n) is 4.21. The van der Waals surface area contributed by atoms with Crippen LogP contribution in [0.5, 0.6) is 0 Å². The zero-order valence-corrected chi connectivity index (χ0v) is 17.9. The second kappa shape index (κ2) is 7.10. The Morgan fingerprint density at radius 2 is 2.00 bits per heavy atom. The van der Waals surface area contributed by atoms with Crippen LogP contribution >= 0.6 is 15.9 Å². The number of ketones is 1. The van der Waals surface area contributed by atoms with Crippen molar-refractivity contribution in [3.8, 4) is 6.07 Å². The van der Waals surface area contributed by atoms with E-state index in [1.165, 1.54) is 11.0 Å². The van der Waals surface area contributed by atoms with Crippen molar-refractivity contribution in [1.29, 1.82) is 5.26 Å². The quantitative estimate of drug-likeness (QED) is 0.642. The zero-order chi connectivity index (χ0) is 21.8. The average Bonchev–Trinajstić information content (AvgIpc) is 3.07. The normalized spacial score (nSPS) is 21.0. The maximum Gasteiger partial charge on any atom is 0.169 e. The number of anilines is 1. The summed E-state index contributed by atoms with van der Waals surface area (Å²) in [7, 11) is 0. The van der Waals surface area contributed by atoms with Gasteiger partial charge in [0.05, 0.1) is 23.2 Å². The van der Waals surface area contributed by atoms with E-state index in [4.69, 9.17) is 10.2 Å². The lowest BCUT2D eigenvalue weighted by atomic mass is 9.69. The second-order valence-corrected chi connectivity index (χ2v) is 9.00. The van der Waals surface area contributed by atoms with Gasteiger partial charge in [-0.3, -0.25) is 9.69 Å². The van der Waals surface area contributed by atoms with E-state index in [1.807, 2.05) is 13.8 Å². The molecule has 0 fully saturated rings. The summed E-state index contributed by atoms with van der Waals surface area (Å²) in [6, 6.07) is 8.54. The highest BCUT2D eigenvalue weighted by Crippen LogP contribution is 2.50. The van der Waals surface area contributed by atoms with Gasteiger partial charge in [-0.05, 0) is 52.0 Å². The first-order valence-corrected chi connectivity index (χ1v) is 10.1. The molecule has 5 nitrogen and oxygen atoms in total. The number of nitriles is 1. The van der Waals surface area contributed by atoms with Crippen molar-refractivity contribution in [3.05, 3.63) is 75.1 Å². The molecule has 1 atom stereocenters. The minimum atomic E-state index is -0.836. The molecule has 8 heteroatoms. The molecule has 30 heavy (non-hydrogen) atoms. The van der Waals surface area contributed by atoms with Crippen LogP contribution in [-0.2, 0) is 4.79 Å². The predicted molar refractivity (Wildman–Crippen MR) is 110 cm³/mol. The highest BCUT2D eigenvalue weighted by atomic mass is 79.9. The van der Waals surface area contributed by atoms with Crippen molar-refractivity contribution in [2.24, 2.45) is 11.1 Å². The number of benzene rings is 1. The highest BCUT2D eigenvalue weighted by molar-refractivity contribution is 9.10. The smallest absolute Gasteiger partial charge is 0.169 e. The van der Waals surface area contributed by atoms with Crippen molar-refractivity contribution in [2.75, 3.05) is 4.90 Å². The number of carbonyl (C=O) groups excluding carboxylic acids is 1. The molecule has 0 spiro atoms. The van der Waals surface area contributed by atoms with E-state index in [0.29, 0.717) is 28.1 Å². The van der Waals surface area contributed by atoms with Gasteiger partial charge in [0, 0.05) is 23.8 Å². The van der Waals surface area contributed by atoms with Crippen molar-refractivity contribution >= 4 is 27.4 Å². The van der Waals surface area contributed by atoms with Crippen LogP contribution in [0.1, 0.15) is 38.4 Å². The van der Waals surface area contributed by atoms with Crippen molar-refractivity contribution in [3.63, 3.8) is 0 Å². The summed E-state index contributed by atoms with van der Waals surface area (Å²) in [4.78, 5) is 14.6. The molecule has 2 N–H and O–H groups in total. The van der Waals surface area contributed by atoms with E-state index in [0.717, 1.165) is 12.1 Å². The number of rotatable bonds is 2. The maximum absolute atomic E-state index is 14.7. The molecule has 0 saturated heterocycles. The second-order valence-electron chi connectivity index (χ2n) is 8.22. The summed E-state index contributed by atoms with van der Waals surface area (Å²) in [6.07, 6.45) is 0.686. The van der Waals surface area contributed by atoms with Crippen LogP contribution in [0.15, 0.2) is 62.1 Å². The van der Waals surface area contributed by atoms with Crippen molar-refractivity contribution < 1.29 is 18.0 Å². The Morgan fingerprint density at radius 3 is 2.60 bits per heavy atom. The number of carbonyl (C=O) groups is 1. The van der Waals surface area contributed by atoms with Crippen molar-refractivity contribution in [1.82, 2.24) is 0 Å². The molecule has 0 radical (unpaired) electrons. The lowest BCUT2D eigenvalue weighted by molar-refractivity contribution is -0.118. The van der Waals surface area contributed by atoms with Gasteiger partial charge in [0.25, 0.3) is 0 Å².